The summed E-state index contributed by atoms with van der Waals surface area (Å²) in [7, 11) is 1.71. The summed E-state index contributed by atoms with van der Waals surface area (Å²) in [5.74, 6) is 0.640. The highest BCUT2D eigenvalue weighted by Gasteiger charge is 2.31. The van der Waals surface area contributed by atoms with Gasteiger partial charge in [-0.05, 0) is 81.4 Å². The number of nitrogens with one attached hydrogen (secondary N) is 1. The van der Waals surface area contributed by atoms with Gasteiger partial charge in [-0.25, -0.2) is 4.79 Å². The van der Waals surface area contributed by atoms with Gasteiger partial charge in [0.15, 0.2) is 0 Å². The number of carbonyl (C=O) groups is 2. The van der Waals surface area contributed by atoms with E-state index in [0.717, 1.165) is 55.5 Å². The van der Waals surface area contributed by atoms with Crippen LogP contribution in [0.1, 0.15) is 50.0 Å². The van der Waals surface area contributed by atoms with Crippen molar-refractivity contribution in [1.29, 1.82) is 0 Å². The number of hydrogen-bond donors (Lipinski definition) is 1. The number of fused-ring (bicyclic) bond motifs is 1. The van der Waals surface area contributed by atoms with Crippen LogP contribution in [0.2, 0.25) is 0 Å². The first-order chi connectivity index (χ1) is 15.0. The average molecular weight is 426 g/mol. The molecule has 3 aliphatic heterocycles. The number of benzene rings is 1. The largest absolute Gasteiger partial charge is 0.348 e. The first kappa shape index (κ1) is 20.5. The number of imidazole rings is 1. The smallest absolute Gasteiger partial charge is 0.316 e. The number of aromatic nitrogens is 2. The minimum Gasteiger partial charge on any atom is -0.316 e. The summed E-state index contributed by atoms with van der Waals surface area (Å²) in [6, 6.07) is 6.05. The van der Waals surface area contributed by atoms with Crippen molar-refractivity contribution < 1.29 is 9.59 Å². The molecule has 1 aromatic carbocycles. The lowest BCUT2D eigenvalue weighted by molar-refractivity contribution is -0.131. The van der Waals surface area contributed by atoms with E-state index in [1.807, 2.05) is 6.07 Å². The lowest BCUT2D eigenvalue weighted by Crippen LogP contribution is -2.52. The van der Waals surface area contributed by atoms with Crippen LogP contribution in [-0.2, 0) is 16.6 Å². The third-order valence-electron chi connectivity index (χ3n) is 7.25. The van der Waals surface area contributed by atoms with Crippen molar-refractivity contribution in [3.8, 4) is 0 Å². The first-order valence-electron chi connectivity index (χ1n) is 11.5. The van der Waals surface area contributed by atoms with E-state index >= 15 is 0 Å². The SMILES string of the molecule is Cn1c(=O)n(N2C(=O)CCCC2=O)c2ccc(C3CCN(CC4CCNC4)CC3)cc21. The van der Waals surface area contributed by atoms with Crippen molar-refractivity contribution >= 4 is 22.8 Å². The van der Waals surface area contributed by atoms with Crippen molar-refractivity contribution in [2.45, 2.75) is 44.4 Å². The molecule has 1 unspecified atom stereocenters. The second-order valence-corrected chi connectivity index (χ2v) is 9.29. The van der Waals surface area contributed by atoms with Crippen molar-refractivity contribution in [2.75, 3.05) is 37.7 Å². The molecule has 166 valence electrons. The molecule has 1 aromatic heterocycles. The molecular formula is C23H31N5O3. The Labute approximate surface area is 181 Å². The summed E-state index contributed by atoms with van der Waals surface area (Å²) >= 11 is 0. The Hall–Kier alpha value is -2.45. The Morgan fingerprint density at radius 3 is 2.42 bits per heavy atom. The van der Waals surface area contributed by atoms with Crippen LogP contribution in [0.4, 0.5) is 0 Å². The Bertz CT molecular complexity index is 1040. The van der Waals surface area contributed by atoms with Gasteiger partial charge in [0.1, 0.15) is 0 Å². The zero-order valence-electron chi connectivity index (χ0n) is 18.2. The monoisotopic (exact) mass is 425 g/mol. The maximum Gasteiger partial charge on any atom is 0.348 e. The molecule has 2 amide bonds. The van der Waals surface area contributed by atoms with Crippen molar-refractivity contribution in [1.82, 2.24) is 19.5 Å². The number of rotatable bonds is 4. The standard InChI is InChI=1S/C23H31N5O3/c1-25-20-13-18(17-8-11-26(12-9-17)15-16-7-10-24-14-16)5-6-19(20)27(23(25)31)28-21(29)3-2-4-22(28)30/h5-6,13,16-17,24H,2-4,7-12,14-15H2,1H3. The molecule has 0 radical (unpaired) electrons. The van der Waals surface area contributed by atoms with E-state index < -0.39 is 0 Å². The van der Waals surface area contributed by atoms with E-state index in [1.54, 1.807) is 11.6 Å². The topological polar surface area (TPSA) is 79.6 Å². The summed E-state index contributed by atoms with van der Waals surface area (Å²) in [6.07, 6.45) is 4.65. The fourth-order valence-electron chi connectivity index (χ4n) is 5.43. The molecule has 2 aromatic rings. The third-order valence-corrected chi connectivity index (χ3v) is 7.25. The fraction of sp³-hybridized carbons (Fsp3) is 0.609. The highest BCUT2D eigenvalue weighted by atomic mass is 16.2. The molecule has 0 bridgehead atoms. The number of aryl methyl sites for hydroxylation is 1. The zero-order valence-corrected chi connectivity index (χ0v) is 18.2. The van der Waals surface area contributed by atoms with Crippen LogP contribution in [0.5, 0.6) is 0 Å². The average Bonchev–Trinajstić information content (AvgIpc) is 3.36. The minimum absolute atomic E-state index is 0.294. The van der Waals surface area contributed by atoms with Crippen molar-refractivity contribution in [3.05, 3.63) is 34.2 Å². The summed E-state index contributed by atoms with van der Waals surface area (Å²) in [4.78, 5) is 40.3. The molecule has 5 rings (SSSR count). The Kier molecular flexibility index (Phi) is 5.44. The molecule has 3 aliphatic rings. The van der Waals surface area contributed by atoms with Crippen LogP contribution in [-0.4, -0.2) is 58.7 Å². The lowest BCUT2D eigenvalue weighted by atomic mass is 9.89. The van der Waals surface area contributed by atoms with Gasteiger partial charge in [-0.3, -0.25) is 14.2 Å². The maximum absolute atomic E-state index is 12.9. The third kappa shape index (κ3) is 3.72. The predicted molar refractivity (Wildman–Crippen MR) is 119 cm³/mol. The molecule has 8 nitrogen and oxygen atoms in total. The van der Waals surface area contributed by atoms with Crippen molar-refractivity contribution in [3.63, 3.8) is 0 Å². The maximum atomic E-state index is 12.9. The van der Waals surface area contributed by atoms with E-state index in [4.69, 9.17) is 0 Å². The number of imide groups is 1. The number of piperidine rings is 2. The van der Waals surface area contributed by atoms with Crippen LogP contribution in [0.25, 0.3) is 11.0 Å². The normalized spacial score (nSPS) is 23.9. The van der Waals surface area contributed by atoms with E-state index in [-0.39, 0.29) is 17.5 Å². The molecule has 31 heavy (non-hydrogen) atoms. The fourth-order valence-corrected chi connectivity index (χ4v) is 5.43. The van der Waals surface area contributed by atoms with Crippen LogP contribution in [0.15, 0.2) is 23.0 Å². The summed E-state index contributed by atoms with van der Waals surface area (Å²) in [5.41, 5.74) is 2.27. The second kappa shape index (κ2) is 8.24. The Morgan fingerprint density at radius 2 is 1.74 bits per heavy atom. The second-order valence-electron chi connectivity index (χ2n) is 9.29. The predicted octanol–water partition coefficient (Wildman–Crippen LogP) is 1.30. The van der Waals surface area contributed by atoms with Crippen LogP contribution >= 0.6 is 0 Å². The van der Waals surface area contributed by atoms with Gasteiger partial charge in [0.2, 0.25) is 11.8 Å². The Balaban J connectivity index is 1.37. The minimum atomic E-state index is -0.351. The number of carbonyl (C=O) groups excluding carboxylic acids is 2. The molecule has 4 heterocycles. The molecule has 1 atom stereocenters. The highest BCUT2D eigenvalue weighted by molar-refractivity contribution is 6.10. The quantitative estimate of drug-likeness (QED) is 0.747. The molecule has 3 fully saturated rings. The molecule has 8 heteroatoms. The van der Waals surface area contributed by atoms with Gasteiger partial charge >= 0.3 is 5.69 Å². The first-order valence-corrected chi connectivity index (χ1v) is 11.5. The molecular weight excluding hydrogens is 394 g/mol. The van der Waals surface area contributed by atoms with Crippen molar-refractivity contribution in [2.24, 2.45) is 13.0 Å². The molecule has 3 saturated heterocycles. The van der Waals surface area contributed by atoms with Gasteiger partial charge < -0.3 is 10.2 Å². The molecule has 0 saturated carbocycles. The number of amides is 2. The van der Waals surface area contributed by atoms with E-state index in [1.165, 1.54) is 23.2 Å². The van der Waals surface area contributed by atoms with E-state index in [0.29, 0.717) is 30.7 Å². The van der Waals surface area contributed by atoms with Gasteiger partial charge in [0.25, 0.3) is 0 Å². The van der Waals surface area contributed by atoms with Gasteiger partial charge in [-0.15, -0.1) is 0 Å². The van der Waals surface area contributed by atoms with Gasteiger partial charge in [0.05, 0.1) is 11.0 Å². The summed E-state index contributed by atoms with van der Waals surface area (Å²) < 4.78 is 2.82. The summed E-state index contributed by atoms with van der Waals surface area (Å²) in [6.45, 7) is 5.69. The van der Waals surface area contributed by atoms with Gasteiger partial charge in [0, 0.05) is 26.4 Å². The van der Waals surface area contributed by atoms with E-state index in [9.17, 15) is 14.4 Å². The van der Waals surface area contributed by atoms with Crippen LogP contribution in [0, 0.1) is 5.92 Å². The molecule has 1 N–H and O–H groups in total. The zero-order chi connectivity index (χ0) is 21.5. The Morgan fingerprint density at radius 1 is 1.00 bits per heavy atom. The van der Waals surface area contributed by atoms with E-state index in [2.05, 4.69) is 22.3 Å². The van der Waals surface area contributed by atoms with Crippen LogP contribution in [0.3, 0.4) is 0 Å². The molecule has 0 spiro atoms. The number of nitrogens with zero attached hydrogens (tertiary/aromatic N) is 4. The lowest BCUT2D eigenvalue weighted by Gasteiger charge is -2.33. The van der Waals surface area contributed by atoms with Gasteiger partial charge in [-0.2, -0.15) is 9.69 Å². The highest BCUT2D eigenvalue weighted by Crippen LogP contribution is 2.31. The molecule has 0 aliphatic carbocycles. The number of hydrogen-bond acceptors (Lipinski definition) is 5. The van der Waals surface area contributed by atoms with Gasteiger partial charge in [-0.1, -0.05) is 6.07 Å². The van der Waals surface area contributed by atoms with Crippen LogP contribution < -0.4 is 16.0 Å². The summed E-state index contributed by atoms with van der Waals surface area (Å²) in [5, 5.41) is 4.50. The number of likely N-dealkylation sites (tertiary alicyclic amines) is 1.